The van der Waals surface area contributed by atoms with Gasteiger partial charge in [0, 0.05) is 22.7 Å². The number of carboxylic acid groups (broad SMARTS) is 1. The van der Waals surface area contributed by atoms with Crippen LogP contribution in [0, 0.1) is 0 Å². The fraction of sp³-hybridized carbons (Fsp3) is 0.286. The van der Waals surface area contributed by atoms with Gasteiger partial charge in [-0.15, -0.1) is 0 Å². The largest absolute Gasteiger partial charge is 0.508 e. The summed E-state index contributed by atoms with van der Waals surface area (Å²) in [7, 11) is 0. The first-order valence-corrected chi connectivity index (χ1v) is 9.48. The molecule has 0 bridgehead atoms. The Bertz CT molecular complexity index is 942. The van der Waals surface area contributed by atoms with E-state index in [2.05, 4.69) is 4.99 Å². The Morgan fingerprint density at radius 1 is 1.25 bits per heavy atom. The second-order valence-corrected chi connectivity index (χ2v) is 7.08. The molecular weight excluding hydrogens is 380 g/mol. The molecule has 2 aromatic rings. The smallest absolute Gasteiger partial charge is 0.306 e. The maximum Gasteiger partial charge on any atom is 0.306 e. The Balaban J connectivity index is 2.22. The summed E-state index contributed by atoms with van der Waals surface area (Å²) >= 11 is 6.20. The van der Waals surface area contributed by atoms with Gasteiger partial charge in [0.1, 0.15) is 11.8 Å². The van der Waals surface area contributed by atoms with Crippen LogP contribution in [0.4, 0.5) is 5.69 Å². The number of fused-ring (bicyclic) bond motifs is 1. The van der Waals surface area contributed by atoms with Crippen LogP contribution in [0.15, 0.2) is 47.5 Å². The van der Waals surface area contributed by atoms with E-state index in [1.54, 1.807) is 41.3 Å². The number of carbonyl (C=O) groups is 2. The minimum atomic E-state index is -1.10. The normalized spacial score (nSPS) is 16.4. The molecule has 6 nitrogen and oxygen atoms in total. The van der Waals surface area contributed by atoms with Gasteiger partial charge in [0.25, 0.3) is 5.91 Å². The van der Waals surface area contributed by atoms with E-state index in [9.17, 15) is 19.8 Å². The molecule has 1 aliphatic heterocycles. The van der Waals surface area contributed by atoms with Gasteiger partial charge in [0.15, 0.2) is 0 Å². The number of nitrogens with zero attached hydrogens (tertiary/aromatic N) is 2. The van der Waals surface area contributed by atoms with Crippen LogP contribution >= 0.6 is 11.6 Å². The van der Waals surface area contributed by atoms with Crippen LogP contribution in [-0.2, 0) is 9.59 Å². The number of halogens is 1. The summed E-state index contributed by atoms with van der Waals surface area (Å²) in [6.45, 7) is 2.46. The molecule has 0 radical (unpaired) electrons. The quantitative estimate of drug-likeness (QED) is 0.770. The summed E-state index contributed by atoms with van der Waals surface area (Å²) in [5.74, 6) is -1.41. The Hall–Kier alpha value is -2.86. The number of phenols is 1. The molecule has 1 atom stereocenters. The van der Waals surface area contributed by atoms with Crippen molar-refractivity contribution in [1.29, 1.82) is 0 Å². The zero-order valence-corrected chi connectivity index (χ0v) is 16.2. The number of benzodiazepines with no additional fused rings is 1. The molecule has 1 aliphatic rings. The first-order chi connectivity index (χ1) is 13.4. The van der Waals surface area contributed by atoms with E-state index in [0.29, 0.717) is 34.1 Å². The number of aliphatic imine (C=N–C) groups is 1. The maximum absolute atomic E-state index is 13.2. The molecule has 0 aliphatic carbocycles. The molecule has 146 valence electrons. The molecule has 0 fully saturated rings. The summed E-state index contributed by atoms with van der Waals surface area (Å²) in [6.07, 6.45) is 1.23. The number of aromatic hydroxyl groups is 1. The number of hydrogen-bond acceptors (Lipinski definition) is 4. The maximum atomic E-state index is 13.2. The third-order valence-electron chi connectivity index (χ3n) is 4.56. The highest BCUT2D eigenvalue weighted by Gasteiger charge is 2.33. The van der Waals surface area contributed by atoms with E-state index in [1.165, 1.54) is 6.07 Å². The average molecular weight is 401 g/mol. The minimum absolute atomic E-state index is 0.0592. The summed E-state index contributed by atoms with van der Waals surface area (Å²) < 4.78 is 0. The average Bonchev–Trinajstić information content (AvgIpc) is 2.75. The van der Waals surface area contributed by atoms with E-state index >= 15 is 0 Å². The van der Waals surface area contributed by atoms with Crippen LogP contribution in [0.5, 0.6) is 5.75 Å². The predicted molar refractivity (Wildman–Crippen MR) is 108 cm³/mol. The fourth-order valence-electron chi connectivity index (χ4n) is 3.24. The molecule has 0 saturated heterocycles. The number of unbranched alkanes of at least 4 members (excludes halogenated alkanes) is 1. The van der Waals surface area contributed by atoms with E-state index < -0.39 is 18.4 Å². The number of anilines is 1. The summed E-state index contributed by atoms with van der Waals surface area (Å²) in [5, 5.41) is 19.7. The van der Waals surface area contributed by atoms with Crippen LogP contribution in [0.1, 0.15) is 37.3 Å². The van der Waals surface area contributed by atoms with Gasteiger partial charge in [-0.3, -0.25) is 14.6 Å². The van der Waals surface area contributed by atoms with E-state index in [1.807, 2.05) is 6.92 Å². The van der Waals surface area contributed by atoms with Crippen LogP contribution in [0.3, 0.4) is 0 Å². The van der Waals surface area contributed by atoms with Crippen LogP contribution < -0.4 is 4.90 Å². The molecular formula is C21H21ClN2O4. The standard InChI is InChI=1S/C21H21ClN2O4/c1-2-3-9-24-18-11-14(22)7-8-16(18)20(13-5-4-6-15(25)10-13)23-17(21(24)28)12-19(26)27/h4-8,10-11,17,25H,2-3,9,12H2,1H3,(H,26,27). The number of carbonyl (C=O) groups excluding carboxylic acids is 1. The third-order valence-corrected chi connectivity index (χ3v) is 4.80. The first-order valence-electron chi connectivity index (χ1n) is 9.11. The van der Waals surface area contributed by atoms with E-state index in [4.69, 9.17) is 11.6 Å². The van der Waals surface area contributed by atoms with Gasteiger partial charge in [-0.25, -0.2) is 0 Å². The Kier molecular flexibility index (Phi) is 5.99. The molecule has 7 heteroatoms. The molecule has 1 amide bonds. The van der Waals surface area contributed by atoms with Gasteiger partial charge in [0.05, 0.1) is 17.8 Å². The van der Waals surface area contributed by atoms with Gasteiger partial charge >= 0.3 is 5.97 Å². The number of rotatable bonds is 6. The molecule has 1 heterocycles. The highest BCUT2D eigenvalue weighted by Crippen LogP contribution is 2.32. The van der Waals surface area contributed by atoms with Crippen molar-refractivity contribution in [1.82, 2.24) is 0 Å². The molecule has 0 aromatic heterocycles. The number of aliphatic carboxylic acids is 1. The lowest BCUT2D eigenvalue weighted by Crippen LogP contribution is -2.39. The predicted octanol–water partition coefficient (Wildman–Crippen LogP) is 3.87. The number of benzene rings is 2. The number of hydrogen-bond donors (Lipinski definition) is 2. The van der Waals surface area contributed by atoms with Crippen LogP contribution in [-0.4, -0.2) is 40.4 Å². The monoisotopic (exact) mass is 400 g/mol. The van der Waals surface area contributed by atoms with Crippen molar-refractivity contribution in [3.63, 3.8) is 0 Å². The topological polar surface area (TPSA) is 90.2 Å². The summed E-state index contributed by atoms with van der Waals surface area (Å²) in [5.41, 5.74) is 2.33. The van der Waals surface area contributed by atoms with Gasteiger partial charge in [-0.05, 0) is 36.8 Å². The second-order valence-electron chi connectivity index (χ2n) is 6.65. The van der Waals surface area contributed by atoms with Crippen molar-refractivity contribution in [2.24, 2.45) is 4.99 Å². The molecule has 1 unspecified atom stereocenters. The zero-order valence-electron chi connectivity index (χ0n) is 15.4. The number of carboxylic acids is 1. The lowest BCUT2D eigenvalue weighted by Gasteiger charge is -2.25. The van der Waals surface area contributed by atoms with Crippen molar-refractivity contribution in [2.75, 3.05) is 11.4 Å². The first kappa shape index (κ1) is 19.9. The van der Waals surface area contributed by atoms with Gasteiger partial charge in [-0.2, -0.15) is 0 Å². The lowest BCUT2D eigenvalue weighted by atomic mass is 10.00. The number of amides is 1. The van der Waals surface area contributed by atoms with Gasteiger partial charge < -0.3 is 15.1 Å². The van der Waals surface area contributed by atoms with Crippen LogP contribution in [0.2, 0.25) is 5.02 Å². The summed E-state index contributed by atoms with van der Waals surface area (Å²) in [6, 6.07) is 10.6. The Morgan fingerprint density at radius 2 is 2.04 bits per heavy atom. The van der Waals surface area contributed by atoms with Crippen LogP contribution in [0.25, 0.3) is 0 Å². The van der Waals surface area contributed by atoms with E-state index in [-0.39, 0.29) is 11.7 Å². The molecule has 2 N–H and O–H groups in total. The fourth-order valence-corrected chi connectivity index (χ4v) is 3.40. The van der Waals surface area contributed by atoms with Crippen molar-refractivity contribution >= 4 is 34.9 Å². The minimum Gasteiger partial charge on any atom is -0.508 e. The van der Waals surface area contributed by atoms with Crippen molar-refractivity contribution < 1.29 is 19.8 Å². The van der Waals surface area contributed by atoms with E-state index in [0.717, 1.165) is 12.8 Å². The molecule has 2 aromatic carbocycles. The highest BCUT2D eigenvalue weighted by molar-refractivity contribution is 6.31. The molecule has 0 spiro atoms. The highest BCUT2D eigenvalue weighted by atomic mass is 35.5. The van der Waals surface area contributed by atoms with Gasteiger partial charge in [-0.1, -0.05) is 37.1 Å². The molecule has 3 rings (SSSR count). The molecule has 0 saturated carbocycles. The van der Waals surface area contributed by atoms with Crippen molar-refractivity contribution in [3.05, 3.63) is 58.6 Å². The Labute approximate surface area is 168 Å². The van der Waals surface area contributed by atoms with Crippen molar-refractivity contribution in [2.45, 2.75) is 32.2 Å². The lowest BCUT2D eigenvalue weighted by molar-refractivity contribution is -0.139. The van der Waals surface area contributed by atoms with Gasteiger partial charge in [0.2, 0.25) is 0 Å². The SMILES string of the molecule is CCCCN1C(=O)C(CC(=O)O)N=C(c2cccc(O)c2)c2ccc(Cl)cc21. The zero-order chi connectivity index (χ0) is 20.3. The third kappa shape index (κ3) is 4.17. The molecule has 28 heavy (non-hydrogen) atoms. The number of phenolic OH excluding ortho intramolecular Hbond substituents is 1. The summed E-state index contributed by atoms with van der Waals surface area (Å²) in [4.78, 5) is 30.6. The Morgan fingerprint density at radius 3 is 2.71 bits per heavy atom. The second kappa shape index (κ2) is 8.44. The van der Waals surface area contributed by atoms with Crippen molar-refractivity contribution in [3.8, 4) is 5.75 Å².